The van der Waals surface area contributed by atoms with Crippen molar-refractivity contribution in [3.05, 3.63) is 33.9 Å². The van der Waals surface area contributed by atoms with Crippen molar-refractivity contribution in [2.24, 2.45) is 0 Å². The molecule has 0 aliphatic rings. The number of rotatable bonds is 2. The molecule has 0 aromatic heterocycles. The van der Waals surface area contributed by atoms with E-state index in [2.05, 4.69) is 0 Å². The highest BCUT2D eigenvalue weighted by Crippen LogP contribution is 2.21. The molecule has 0 amide bonds. The molecule has 2 N–H and O–H groups in total. The van der Waals surface area contributed by atoms with Crippen LogP contribution in [-0.4, -0.2) is 4.92 Å². The van der Waals surface area contributed by atoms with Gasteiger partial charge in [-0.25, -0.2) is 4.39 Å². The first kappa shape index (κ1) is 8.45. The monoisotopic (exact) mass is 170 g/mol. The lowest BCUT2D eigenvalue weighted by molar-refractivity contribution is -0.385. The number of nitro benzene ring substituents is 1. The summed E-state index contributed by atoms with van der Waals surface area (Å²) in [7, 11) is 0. The van der Waals surface area contributed by atoms with Crippen LogP contribution in [0.15, 0.2) is 18.2 Å². The molecule has 0 bridgehead atoms. The largest absolute Gasteiger partial charge is 0.399 e. The highest BCUT2D eigenvalue weighted by Gasteiger charge is 2.12. The molecule has 1 rings (SSSR count). The highest BCUT2D eigenvalue weighted by atomic mass is 19.1. The van der Waals surface area contributed by atoms with Crippen LogP contribution in [0.25, 0.3) is 0 Å². The van der Waals surface area contributed by atoms with Crippen LogP contribution in [0.5, 0.6) is 0 Å². The third kappa shape index (κ3) is 1.50. The summed E-state index contributed by atoms with van der Waals surface area (Å²) in [6.07, 6.45) is 0. The molecule has 0 radical (unpaired) electrons. The summed E-state index contributed by atoms with van der Waals surface area (Å²) in [5, 5.41) is 10.3. The Bertz CT molecular complexity index is 314. The molecule has 0 saturated heterocycles. The maximum absolute atomic E-state index is 12.2. The Morgan fingerprint density at radius 3 is 2.75 bits per heavy atom. The Labute approximate surface area is 68.0 Å². The topological polar surface area (TPSA) is 69.2 Å². The zero-order valence-corrected chi connectivity index (χ0v) is 6.16. The van der Waals surface area contributed by atoms with Gasteiger partial charge in [0, 0.05) is 11.8 Å². The second-order valence-corrected chi connectivity index (χ2v) is 2.28. The summed E-state index contributed by atoms with van der Waals surface area (Å²) < 4.78 is 12.2. The van der Waals surface area contributed by atoms with Crippen molar-refractivity contribution < 1.29 is 9.31 Å². The van der Waals surface area contributed by atoms with Crippen molar-refractivity contribution in [1.82, 2.24) is 0 Å². The van der Waals surface area contributed by atoms with Crippen molar-refractivity contribution in [3.63, 3.8) is 0 Å². The molecular formula is C7H7FN2O2. The number of anilines is 1. The van der Waals surface area contributed by atoms with E-state index < -0.39 is 11.6 Å². The molecule has 64 valence electrons. The summed E-state index contributed by atoms with van der Waals surface area (Å²) in [5.74, 6) is 0. The maximum atomic E-state index is 12.2. The van der Waals surface area contributed by atoms with E-state index in [1.807, 2.05) is 0 Å². The average Bonchev–Trinajstić information content (AvgIpc) is 2.03. The van der Waals surface area contributed by atoms with E-state index >= 15 is 0 Å². The maximum Gasteiger partial charge on any atom is 0.275 e. The van der Waals surface area contributed by atoms with Crippen LogP contribution in [0.3, 0.4) is 0 Å². The Kier molecular flexibility index (Phi) is 2.23. The first-order valence-electron chi connectivity index (χ1n) is 3.24. The molecule has 1 aromatic rings. The van der Waals surface area contributed by atoms with Crippen LogP contribution in [0.1, 0.15) is 5.56 Å². The van der Waals surface area contributed by atoms with Crippen LogP contribution >= 0.6 is 0 Å². The van der Waals surface area contributed by atoms with E-state index in [0.717, 1.165) is 0 Å². The molecule has 1 aromatic carbocycles. The van der Waals surface area contributed by atoms with Gasteiger partial charge in [0.1, 0.15) is 6.67 Å². The minimum atomic E-state index is -0.874. The van der Waals surface area contributed by atoms with E-state index in [9.17, 15) is 14.5 Å². The van der Waals surface area contributed by atoms with Crippen molar-refractivity contribution >= 4 is 11.4 Å². The number of nitrogens with two attached hydrogens (primary N) is 1. The van der Waals surface area contributed by atoms with Crippen LogP contribution in [0, 0.1) is 10.1 Å². The lowest BCUT2D eigenvalue weighted by Crippen LogP contribution is -1.95. The van der Waals surface area contributed by atoms with Gasteiger partial charge in [0.05, 0.1) is 10.5 Å². The summed E-state index contributed by atoms with van der Waals surface area (Å²) in [6.45, 7) is -0.874. The summed E-state index contributed by atoms with van der Waals surface area (Å²) in [4.78, 5) is 9.66. The number of hydrogen-bond donors (Lipinski definition) is 1. The molecule has 0 unspecified atom stereocenters. The van der Waals surface area contributed by atoms with Crippen molar-refractivity contribution in [2.45, 2.75) is 6.67 Å². The third-order valence-corrected chi connectivity index (χ3v) is 1.44. The normalized spacial score (nSPS) is 9.75. The smallest absolute Gasteiger partial charge is 0.275 e. The van der Waals surface area contributed by atoms with Crippen LogP contribution in [0.4, 0.5) is 15.8 Å². The first-order valence-corrected chi connectivity index (χ1v) is 3.24. The highest BCUT2D eigenvalue weighted by molar-refractivity contribution is 5.50. The number of benzene rings is 1. The first-order chi connectivity index (χ1) is 5.65. The Morgan fingerprint density at radius 2 is 2.25 bits per heavy atom. The van der Waals surface area contributed by atoms with Gasteiger partial charge in [-0.05, 0) is 12.1 Å². The van der Waals surface area contributed by atoms with E-state index in [4.69, 9.17) is 5.73 Å². The van der Waals surface area contributed by atoms with Crippen LogP contribution < -0.4 is 5.73 Å². The summed E-state index contributed by atoms with van der Waals surface area (Å²) >= 11 is 0. The van der Waals surface area contributed by atoms with Gasteiger partial charge >= 0.3 is 0 Å². The zero-order valence-electron chi connectivity index (χ0n) is 6.16. The fourth-order valence-electron chi connectivity index (χ4n) is 0.891. The third-order valence-electron chi connectivity index (χ3n) is 1.44. The van der Waals surface area contributed by atoms with Crippen LogP contribution in [0.2, 0.25) is 0 Å². The summed E-state index contributed by atoms with van der Waals surface area (Å²) in [5.41, 5.74) is 5.43. The van der Waals surface area contributed by atoms with Crippen molar-refractivity contribution in [1.29, 1.82) is 0 Å². The standard InChI is InChI=1S/C7H7FN2O2/c8-4-5-3-6(9)1-2-7(5)10(11)12/h1-3H,4,9H2. The van der Waals surface area contributed by atoms with Crippen molar-refractivity contribution in [3.8, 4) is 0 Å². The number of alkyl halides is 1. The number of nitro groups is 1. The lowest BCUT2D eigenvalue weighted by Gasteiger charge is -1.98. The minimum absolute atomic E-state index is 0.0139. The van der Waals surface area contributed by atoms with Gasteiger partial charge < -0.3 is 5.73 Å². The van der Waals surface area contributed by atoms with Gasteiger partial charge in [-0.3, -0.25) is 10.1 Å². The second kappa shape index (κ2) is 3.17. The molecule has 5 heteroatoms. The SMILES string of the molecule is Nc1ccc([N+](=O)[O-])c(CF)c1. The molecular weight excluding hydrogens is 163 g/mol. The van der Waals surface area contributed by atoms with Gasteiger partial charge in [-0.1, -0.05) is 0 Å². The molecule has 0 saturated carbocycles. The van der Waals surface area contributed by atoms with Gasteiger partial charge in [-0.15, -0.1) is 0 Å². The second-order valence-electron chi connectivity index (χ2n) is 2.28. The molecule has 0 aliphatic heterocycles. The molecule has 4 nitrogen and oxygen atoms in total. The predicted molar refractivity (Wildman–Crippen MR) is 42.3 cm³/mol. The predicted octanol–water partition coefficient (Wildman–Crippen LogP) is 1.65. The van der Waals surface area contributed by atoms with E-state index in [0.29, 0.717) is 5.69 Å². The van der Waals surface area contributed by atoms with Gasteiger partial charge in [0.25, 0.3) is 5.69 Å². The number of halogens is 1. The number of nitrogens with zero attached hydrogens (tertiary/aromatic N) is 1. The molecule has 0 fully saturated rings. The fraction of sp³-hybridized carbons (Fsp3) is 0.143. The van der Waals surface area contributed by atoms with Crippen molar-refractivity contribution in [2.75, 3.05) is 5.73 Å². The minimum Gasteiger partial charge on any atom is -0.399 e. The average molecular weight is 170 g/mol. The quantitative estimate of drug-likeness (QED) is 0.416. The summed E-state index contributed by atoms with van der Waals surface area (Å²) in [6, 6.07) is 3.83. The van der Waals surface area contributed by atoms with Crippen LogP contribution in [-0.2, 0) is 6.67 Å². The number of nitrogen functional groups attached to an aromatic ring is 1. The molecule has 12 heavy (non-hydrogen) atoms. The Hall–Kier alpha value is -1.65. The van der Waals surface area contributed by atoms with E-state index in [1.54, 1.807) is 0 Å². The molecule has 0 aliphatic carbocycles. The van der Waals surface area contributed by atoms with E-state index in [-0.39, 0.29) is 11.3 Å². The van der Waals surface area contributed by atoms with Gasteiger partial charge in [0.2, 0.25) is 0 Å². The van der Waals surface area contributed by atoms with Gasteiger partial charge in [-0.2, -0.15) is 0 Å². The molecule has 0 spiro atoms. The number of hydrogen-bond acceptors (Lipinski definition) is 3. The zero-order chi connectivity index (χ0) is 9.14. The lowest BCUT2D eigenvalue weighted by atomic mass is 10.2. The Morgan fingerprint density at radius 1 is 1.58 bits per heavy atom. The molecule has 0 heterocycles. The fourth-order valence-corrected chi connectivity index (χ4v) is 0.891. The molecule has 0 atom stereocenters. The van der Waals surface area contributed by atoms with Gasteiger partial charge in [0.15, 0.2) is 0 Å². The Balaban J connectivity index is 3.20. The van der Waals surface area contributed by atoms with E-state index in [1.165, 1.54) is 18.2 Å².